The van der Waals surface area contributed by atoms with Crippen molar-refractivity contribution in [1.29, 1.82) is 0 Å². The Hall–Kier alpha value is -1.21. The zero-order valence-electron chi connectivity index (χ0n) is 10.1. The smallest absolute Gasteiger partial charge is 0.293 e. The Morgan fingerprint density at radius 1 is 1.61 bits per heavy atom. The number of halogens is 2. The average molecular weight is 321 g/mol. The molecule has 0 aliphatic carbocycles. The Bertz CT molecular complexity index is 443. The quantitative estimate of drug-likeness (QED) is 0.645. The van der Waals surface area contributed by atoms with Crippen molar-refractivity contribution in [3.8, 4) is 0 Å². The third kappa shape index (κ3) is 3.64. The highest BCUT2D eigenvalue weighted by Crippen LogP contribution is 2.31. The van der Waals surface area contributed by atoms with Gasteiger partial charge in [-0.1, -0.05) is 6.92 Å². The molecule has 1 aromatic rings. The molecule has 0 amide bonds. The molecule has 0 saturated carbocycles. The fourth-order valence-electron chi connectivity index (χ4n) is 1.49. The summed E-state index contributed by atoms with van der Waals surface area (Å²) in [4.78, 5) is 10.4. The standard InChI is InChI=1S/C11H14BrFN2O3/c1-3-7(6-18-2)14-10-5-9(13)8(12)4-11(10)15(16)17/h4-5,7,14H,3,6H2,1-2H3. The highest BCUT2D eigenvalue weighted by Gasteiger charge is 2.19. The molecule has 5 nitrogen and oxygen atoms in total. The van der Waals surface area contributed by atoms with Crippen LogP contribution in [0.1, 0.15) is 13.3 Å². The molecule has 0 heterocycles. The number of nitrogens with one attached hydrogen (secondary N) is 1. The number of ether oxygens (including phenoxy) is 1. The van der Waals surface area contributed by atoms with Crippen LogP contribution in [-0.2, 0) is 4.74 Å². The maximum Gasteiger partial charge on any atom is 0.293 e. The van der Waals surface area contributed by atoms with Gasteiger partial charge in [-0.25, -0.2) is 4.39 Å². The van der Waals surface area contributed by atoms with E-state index in [0.29, 0.717) is 13.0 Å². The lowest BCUT2D eigenvalue weighted by atomic mass is 10.2. The predicted molar refractivity (Wildman–Crippen MR) is 70.3 cm³/mol. The van der Waals surface area contributed by atoms with Crippen molar-refractivity contribution in [3.63, 3.8) is 0 Å². The van der Waals surface area contributed by atoms with Gasteiger partial charge >= 0.3 is 0 Å². The van der Waals surface area contributed by atoms with Gasteiger partial charge in [-0.2, -0.15) is 0 Å². The third-order valence-electron chi connectivity index (χ3n) is 2.46. The first-order valence-corrected chi connectivity index (χ1v) is 6.17. The lowest BCUT2D eigenvalue weighted by Gasteiger charge is -2.17. The van der Waals surface area contributed by atoms with Crippen molar-refractivity contribution >= 4 is 27.3 Å². The van der Waals surface area contributed by atoms with Crippen molar-refractivity contribution in [3.05, 3.63) is 32.5 Å². The monoisotopic (exact) mass is 320 g/mol. The molecule has 7 heteroatoms. The van der Waals surface area contributed by atoms with Crippen LogP contribution in [0.15, 0.2) is 16.6 Å². The molecule has 1 atom stereocenters. The summed E-state index contributed by atoms with van der Waals surface area (Å²) < 4.78 is 18.5. The zero-order chi connectivity index (χ0) is 13.7. The van der Waals surface area contributed by atoms with E-state index in [4.69, 9.17) is 4.74 Å². The highest BCUT2D eigenvalue weighted by atomic mass is 79.9. The van der Waals surface area contributed by atoms with E-state index < -0.39 is 10.7 Å². The molecule has 18 heavy (non-hydrogen) atoms. The number of rotatable bonds is 6. The van der Waals surface area contributed by atoms with Crippen molar-refractivity contribution in [2.45, 2.75) is 19.4 Å². The van der Waals surface area contributed by atoms with E-state index in [-0.39, 0.29) is 21.9 Å². The van der Waals surface area contributed by atoms with Crippen LogP contribution >= 0.6 is 15.9 Å². The van der Waals surface area contributed by atoms with Crippen molar-refractivity contribution in [2.24, 2.45) is 0 Å². The van der Waals surface area contributed by atoms with Gasteiger partial charge in [-0.15, -0.1) is 0 Å². The summed E-state index contributed by atoms with van der Waals surface area (Å²) in [5.74, 6) is -0.546. The average Bonchev–Trinajstić information content (AvgIpc) is 2.32. The second kappa shape index (κ2) is 6.65. The molecule has 1 unspecified atom stereocenters. The van der Waals surface area contributed by atoms with Gasteiger partial charge in [0, 0.05) is 25.3 Å². The Labute approximate surface area is 113 Å². The Morgan fingerprint density at radius 2 is 2.28 bits per heavy atom. The van der Waals surface area contributed by atoms with Gasteiger partial charge in [0.1, 0.15) is 11.5 Å². The molecule has 0 aliphatic heterocycles. The lowest BCUT2D eigenvalue weighted by molar-refractivity contribution is -0.384. The van der Waals surface area contributed by atoms with Crippen molar-refractivity contribution in [2.75, 3.05) is 19.0 Å². The SMILES string of the molecule is CCC(COC)Nc1cc(F)c(Br)cc1[N+](=O)[O-]. The van der Waals surface area contributed by atoms with Crippen LogP contribution in [0.2, 0.25) is 0 Å². The maximum atomic E-state index is 13.4. The Balaban J connectivity index is 3.06. The second-order valence-corrected chi connectivity index (χ2v) is 4.60. The first-order chi connectivity index (χ1) is 8.49. The van der Waals surface area contributed by atoms with E-state index in [9.17, 15) is 14.5 Å². The van der Waals surface area contributed by atoms with Gasteiger partial charge in [0.05, 0.1) is 16.0 Å². The minimum Gasteiger partial charge on any atom is -0.383 e. The molecule has 0 saturated heterocycles. The van der Waals surface area contributed by atoms with E-state index in [1.54, 1.807) is 7.11 Å². The minimum absolute atomic E-state index is 0.0690. The summed E-state index contributed by atoms with van der Waals surface area (Å²) in [6, 6.07) is 2.16. The molecular formula is C11H14BrFN2O3. The van der Waals surface area contributed by atoms with Crippen LogP contribution < -0.4 is 5.32 Å². The van der Waals surface area contributed by atoms with E-state index in [1.807, 2.05) is 6.92 Å². The van der Waals surface area contributed by atoms with E-state index in [1.165, 1.54) is 0 Å². The summed E-state index contributed by atoms with van der Waals surface area (Å²) in [6.07, 6.45) is 0.711. The normalized spacial score (nSPS) is 12.2. The lowest BCUT2D eigenvalue weighted by Crippen LogP contribution is -2.24. The van der Waals surface area contributed by atoms with Crippen LogP contribution in [-0.4, -0.2) is 24.7 Å². The van der Waals surface area contributed by atoms with E-state index >= 15 is 0 Å². The van der Waals surface area contributed by atoms with Crippen LogP contribution in [0.4, 0.5) is 15.8 Å². The summed E-state index contributed by atoms with van der Waals surface area (Å²) in [6.45, 7) is 2.31. The fourth-order valence-corrected chi connectivity index (χ4v) is 1.82. The summed E-state index contributed by atoms with van der Waals surface area (Å²) in [5, 5.41) is 13.8. The molecule has 0 radical (unpaired) electrons. The van der Waals surface area contributed by atoms with Gasteiger partial charge in [0.2, 0.25) is 0 Å². The van der Waals surface area contributed by atoms with Crippen LogP contribution in [0, 0.1) is 15.9 Å². The molecule has 1 rings (SSSR count). The largest absolute Gasteiger partial charge is 0.383 e. The number of nitrogens with zero attached hydrogens (tertiary/aromatic N) is 1. The molecule has 0 fully saturated rings. The highest BCUT2D eigenvalue weighted by molar-refractivity contribution is 9.10. The van der Waals surface area contributed by atoms with Crippen LogP contribution in [0.3, 0.4) is 0 Å². The van der Waals surface area contributed by atoms with E-state index in [0.717, 1.165) is 12.1 Å². The zero-order valence-corrected chi connectivity index (χ0v) is 11.7. The van der Waals surface area contributed by atoms with Gasteiger partial charge in [0.25, 0.3) is 5.69 Å². The van der Waals surface area contributed by atoms with Gasteiger partial charge in [-0.3, -0.25) is 10.1 Å². The summed E-state index contributed by atoms with van der Waals surface area (Å²) in [5.41, 5.74) is -0.0116. The summed E-state index contributed by atoms with van der Waals surface area (Å²) >= 11 is 2.93. The van der Waals surface area contributed by atoms with Gasteiger partial charge in [0.15, 0.2) is 0 Å². The fraction of sp³-hybridized carbons (Fsp3) is 0.455. The Kier molecular flexibility index (Phi) is 5.49. The number of methoxy groups -OCH3 is 1. The number of nitro groups is 1. The minimum atomic E-state index is -0.550. The van der Waals surface area contributed by atoms with Crippen molar-refractivity contribution < 1.29 is 14.1 Å². The third-order valence-corrected chi connectivity index (χ3v) is 3.06. The van der Waals surface area contributed by atoms with Crippen molar-refractivity contribution in [1.82, 2.24) is 0 Å². The number of hydrogen-bond acceptors (Lipinski definition) is 4. The molecule has 0 aliphatic rings. The van der Waals surface area contributed by atoms with Gasteiger partial charge < -0.3 is 10.1 Å². The molecule has 1 aromatic carbocycles. The first-order valence-electron chi connectivity index (χ1n) is 5.38. The number of benzene rings is 1. The predicted octanol–water partition coefficient (Wildman–Crippen LogP) is 3.33. The van der Waals surface area contributed by atoms with Crippen LogP contribution in [0.25, 0.3) is 0 Å². The van der Waals surface area contributed by atoms with E-state index in [2.05, 4.69) is 21.2 Å². The number of hydrogen-bond donors (Lipinski definition) is 1. The molecule has 0 spiro atoms. The summed E-state index contributed by atoms with van der Waals surface area (Å²) in [7, 11) is 1.54. The molecule has 0 bridgehead atoms. The topological polar surface area (TPSA) is 64.4 Å². The first kappa shape index (κ1) is 14.8. The molecular weight excluding hydrogens is 307 g/mol. The number of nitro benzene ring substituents is 1. The van der Waals surface area contributed by atoms with Gasteiger partial charge in [-0.05, 0) is 22.4 Å². The molecule has 0 aromatic heterocycles. The number of anilines is 1. The molecule has 1 N–H and O–H groups in total. The Morgan fingerprint density at radius 3 is 2.78 bits per heavy atom. The molecule has 100 valence electrons. The second-order valence-electron chi connectivity index (χ2n) is 3.75. The maximum absolute atomic E-state index is 13.4. The van der Waals surface area contributed by atoms with Crippen LogP contribution in [0.5, 0.6) is 0 Å².